The number of hydrogen-bond donors (Lipinski definition) is 0. The molecule has 2 nitrogen and oxygen atoms in total. The molecule has 0 saturated carbocycles. The van der Waals surface area contributed by atoms with Crippen LogP contribution in [0.3, 0.4) is 0 Å². The Hall–Kier alpha value is -2.19. The SMILES string of the molecule is O=C1C(=Cc2ccc(F)cc2)SC(=S)N1c1cccc(C(F)(F)F)c1. The van der Waals surface area contributed by atoms with Gasteiger partial charge in [0.05, 0.1) is 16.2 Å². The van der Waals surface area contributed by atoms with E-state index in [9.17, 15) is 22.4 Å². The number of benzene rings is 2. The van der Waals surface area contributed by atoms with Crippen molar-refractivity contribution in [3.63, 3.8) is 0 Å². The topological polar surface area (TPSA) is 20.3 Å². The van der Waals surface area contributed by atoms with Gasteiger partial charge >= 0.3 is 6.18 Å². The highest BCUT2D eigenvalue weighted by Crippen LogP contribution is 2.38. The van der Waals surface area contributed by atoms with Gasteiger partial charge in [-0.2, -0.15) is 13.2 Å². The Kier molecular flexibility index (Phi) is 4.66. The lowest BCUT2D eigenvalue weighted by molar-refractivity contribution is -0.137. The largest absolute Gasteiger partial charge is 0.416 e. The molecule has 1 fully saturated rings. The number of hydrogen-bond acceptors (Lipinski definition) is 3. The maximum absolute atomic E-state index is 12.9. The van der Waals surface area contributed by atoms with Gasteiger partial charge < -0.3 is 0 Å². The molecular weight excluding hydrogens is 374 g/mol. The van der Waals surface area contributed by atoms with Crippen molar-refractivity contribution in [2.24, 2.45) is 0 Å². The Morgan fingerprint density at radius 3 is 2.40 bits per heavy atom. The van der Waals surface area contributed by atoms with Crippen molar-refractivity contribution < 1.29 is 22.4 Å². The van der Waals surface area contributed by atoms with Gasteiger partial charge in [-0.3, -0.25) is 9.69 Å². The summed E-state index contributed by atoms with van der Waals surface area (Å²) < 4.78 is 51.7. The summed E-state index contributed by atoms with van der Waals surface area (Å²) in [5.41, 5.74) is -0.215. The first-order valence-corrected chi connectivity index (χ1v) is 8.19. The van der Waals surface area contributed by atoms with Crippen molar-refractivity contribution in [1.29, 1.82) is 0 Å². The summed E-state index contributed by atoms with van der Waals surface area (Å²) in [5.74, 6) is -0.924. The Morgan fingerprint density at radius 2 is 1.76 bits per heavy atom. The highest BCUT2D eigenvalue weighted by atomic mass is 32.2. The highest BCUT2D eigenvalue weighted by molar-refractivity contribution is 8.27. The molecule has 1 aliphatic heterocycles. The molecule has 0 atom stereocenters. The number of carbonyl (C=O) groups excluding carboxylic acids is 1. The van der Waals surface area contributed by atoms with Crippen LogP contribution in [0.2, 0.25) is 0 Å². The number of rotatable bonds is 2. The van der Waals surface area contributed by atoms with Gasteiger partial charge in [0.25, 0.3) is 5.91 Å². The van der Waals surface area contributed by atoms with E-state index in [1.54, 1.807) is 0 Å². The molecule has 0 aromatic heterocycles. The fourth-order valence-corrected chi connectivity index (χ4v) is 3.52. The fraction of sp³-hybridized carbons (Fsp3) is 0.0588. The second kappa shape index (κ2) is 6.61. The Bertz CT molecular complexity index is 875. The molecule has 0 radical (unpaired) electrons. The van der Waals surface area contributed by atoms with E-state index >= 15 is 0 Å². The minimum absolute atomic E-state index is 0.0554. The number of thiocarbonyl (C=S) groups is 1. The lowest BCUT2D eigenvalue weighted by Gasteiger charge is -2.16. The molecule has 0 aliphatic carbocycles. The van der Waals surface area contributed by atoms with Gasteiger partial charge in [-0.25, -0.2) is 4.39 Å². The van der Waals surface area contributed by atoms with Crippen molar-refractivity contribution in [1.82, 2.24) is 0 Å². The van der Waals surface area contributed by atoms with Crippen LogP contribution in [-0.4, -0.2) is 10.2 Å². The first-order valence-electron chi connectivity index (χ1n) is 6.96. The molecule has 8 heteroatoms. The summed E-state index contributed by atoms with van der Waals surface area (Å²) in [6.07, 6.45) is -2.99. The van der Waals surface area contributed by atoms with Crippen LogP contribution in [0.4, 0.5) is 23.2 Å². The van der Waals surface area contributed by atoms with Crippen LogP contribution in [0, 0.1) is 5.82 Å². The number of alkyl halides is 3. The molecule has 1 aliphatic rings. The normalized spacial score (nSPS) is 16.8. The highest BCUT2D eigenvalue weighted by Gasteiger charge is 2.36. The number of amides is 1. The zero-order valence-electron chi connectivity index (χ0n) is 12.4. The maximum atomic E-state index is 12.9. The van der Waals surface area contributed by atoms with E-state index in [1.807, 2.05) is 0 Å². The van der Waals surface area contributed by atoms with Gasteiger partial charge in [0, 0.05) is 0 Å². The molecule has 0 N–H and O–H groups in total. The van der Waals surface area contributed by atoms with Gasteiger partial charge in [-0.1, -0.05) is 42.2 Å². The minimum atomic E-state index is -4.51. The van der Waals surface area contributed by atoms with Gasteiger partial charge in [-0.15, -0.1) is 0 Å². The predicted molar refractivity (Wildman–Crippen MR) is 93.5 cm³/mol. The summed E-state index contributed by atoms with van der Waals surface area (Å²) >= 11 is 6.12. The summed E-state index contributed by atoms with van der Waals surface area (Å²) in [6.45, 7) is 0. The van der Waals surface area contributed by atoms with Crippen molar-refractivity contribution in [2.75, 3.05) is 4.90 Å². The first-order chi connectivity index (χ1) is 11.8. The third-order valence-corrected chi connectivity index (χ3v) is 4.70. The average molecular weight is 383 g/mol. The van der Waals surface area contributed by atoms with Gasteiger partial charge in [0.15, 0.2) is 4.32 Å². The van der Waals surface area contributed by atoms with Crippen LogP contribution in [0.25, 0.3) is 6.08 Å². The summed E-state index contributed by atoms with van der Waals surface area (Å²) in [5, 5.41) is 0. The smallest absolute Gasteiger partial charge is 0.268 e. The average Bonchev–Trinajstić information content (AvgIpc) is 2.83. The van der Waals surface area contributed by atoms with Crippen LogP contribution in [0.1, 0.15) is 11.1 Å². The van der Waals surface area contributed by atoms with Crippen molar-refractivity contribution in [2.45, 2.75) is 6.18 Å². The molecule has 2 aromatic rings. The van der Waals surface area contributed by atoms with Gasteiger partial charge in [0.2, 0.25) is 0 Å². The minimum Gasteiger partial charge on any atom is -0.268 e. The number of anilines is 1. The zero-order valence-corrected chi connectivity index (χ0v) is 14.0. The van der Waals surface area contributed by atoms with E-state index in [1.165, 1.54) is 42.5 Å². The van der Waals surface area contributed by atoms with Crippen LogP contribution >= 0.6 is 24.0 Å². The third-order valence-electron chi connectivity index (χ3n) is 3.39. The number of nitrogens with zero attached hydrogens (tertiary/aromatic N) is 1. The van der Waals surface area contributed by atoms with E-state index in [4.69, 9.17) is 12.2 Å². The molecule has 1 amide bonds. The lowest BCUT2D eigenvalue weighted by atomic mass is 10.1. The summed E-state index contributed by atoms with van der Waals surface area (Å²) in [4.78, 5) is 13.9. The Balaban J connectivity index is 1.93. The third kappa shape index (κ3) is 3.74. The van der Waals surface area contributed by atoms with E-state index in [-0.39, 0.29) is 14.9 Å². The Labute approximate surface area is 150 Å². The van der Waals surface area contributed by atoms with E-state index in [0.717, 1.165) is 28.8 Å². The van der Waals surface area contributed by atoms with E-state index in [0.29, 0.717) is 5.56 Å². The summed E-state index contributed by atoms with van der Waals surface area (Å²) in [6, 6.07) is 9.90. The lowest BCUT2D eigenvalue weighted by Crippen LogP contribution is -2.27. The molecular formula is C17H9F4NOS2. The molecule has 0 unspecified atom stereocenters. The molecule has 1 heterocycles. The molecule has 1 saturated heterocycles. The van der Waals surface area contributed by atoms with Crippen molar-refractivity contribution in [3.05, 3.63) is 70.4 Å². The second-order valence-electron chi connectivity index (χ2n) is 5.12. The molecule has 2 aromatic carbocycles. The predicted octanol–water partition coefficient (Wildman–Crippen LogP) is 5.25. The van der Waals surface area contributed by atoms with Crippen molar-refractivity contribution >= 4 is 46.0 Å². The van der Waals surface area contributed by atoms with Crippen LogP contribution < -0.4 is 4.90 Å². The molecule has 25 heavy (non-hydrogen) atoms. The second-order valence-corrected chi connectivity index (χ2v) is 6.79. The van der Waals surface area contributed by atoms with E-state index in [2.05, 4.69) is 0 Å². The van der Waals surface area contributed by atoms with Crippen LogP contribution in [-0.2, 0) is 11.0 Å². The molecule has 0 spiro atoms. The van der Waals surface area contributed by atoms with Crippen LogP contribution in [0.15, 0.2) is 53.4 Å². The zero-order chi connectivity index (χ0) is 18.2. The Morgan fingerprint density at radius 1 is 1.08 bits per heavy atom. The number of carbonyl (C=O) groups is 1. The first kappa shape index (κ1) is 17.6. The maximum Gasteiger partial charge on any atom is 0.416 e. The molecule has 128 valence electrons. The number of halogens is 4. The number of thioether (sulfide) groups is 1. The fourth-order valence-electron chi connectivity index (χ4n) is 2.22. The van der Waals surface area contributed by atoms with Crippen LogP contribution in [0.5, 0.6) is 0 Å². The summed E-state index contributed by atoms with van der Waals surface area (Å²) in [7, 11) is 0. The molecule has 0 bridgehead atoms. The van der Waals surface area contributed by atoms with Gasteiger partial charge in [0.1, 0.15) is 5.82 Å². The van der Waals surface area contributed by atoms with Crippen molar-refractivity contribution in [3.8, 4) is 0 Å². The van der Waals surface area contributed by atoms with E-state index < -0.39 is 23.5 Å². The quantitative estimate of drug-likeness (QED) is 0.401. The molecule has 3 rings (SSSR count). The monoisotopic (exact) mass is 383 g/mol. The van der Waals surface area contributed by atoms with Gasteiger partial charge in [-0.05, 0) is 42.0 Å². The standard InChI is InChI=1S/C17H9F4NOS2/c18-12-6-4-10(5-7-12)8-14-15(23)22(16(24)25-14)13-3-1-2-11(9-13)17(19,20)21/h1-9H.